The van der Waals surface area contributed by atoms with Crippen molar-refractivity contribution in [2.45, 2.75) is 70.0 Å². The van der Waals surface area contributed by atoms with E-state index in [0.717, 1.165) is 47.4 Å². The molecule has 2 amide bonds. The Morgan fingerprint density at radius 1 is 1.32 bits per heavy atom. The van der Waals surface area contributed by atoms with Gasteiger partial charge in [0.2, 0.25) is 5.91 Å². The summed E-state index contributed by atoms with van der Waals surface area (Å²) < 4.78 is 0. The van der Waals surface area contributed by atoms with Crippen molar-refractivity contribution in [1.29, 1.82) is 5.26 Å². The van der Waals surface area contributed by atoms with Crippen LogP contribution in [-0.4, -0.2) is 68.4 Å². The highest BCUT2D eigenvalue weighted by atomic mass is 16.2. The number of hydrazine groups is 1. The van der Waals surface area contributed by atoms with Crippen LogP contribution >= 0.6 is 0 Å². The van der Waals surface area contributed by atoms with Gasteiger partial charge in [-0.05, 0) is 80.2 Å². The molecule has 2 fully saturated rings. The van der Waals surface area contributed by atoms with Crippen LogP contribution in [0.3, 0.4) is 0 Å². The quantitative estimate of drug-likeness (QED) is 0.215. The fourth-order valence-corrected chi connectivity index (χ4v) is 7.08. The molecule has 4 rings (SSSR count). The first-order valence-corrected chi connectivity index (χ1v) is 14.2. The van der Waals surface area contributed by atoms with Crippen LogP contribution in [0.25, 0.3) is 0 Å². The molecular formula is C31H43N7O2. The zero-order valence-electron chi connectivity index (χ0n) is 24.6. The van der Waals surface area contributed by atoms with E-state index in [9.17, 15) is 14.9 Å². The summed E-state index contributed by atoms with van der Waals surface area (Å²) in [5, 5.41) is 15.8. The minimum Gasteiger partial charge on any atom is -0.355 e. The highest BCUT2D eigenvalue weighted by Gasteiger charge is 2.60. The van der Waals surface area contributed by atoms with Gasteiger partial charge in [-0.2, -0.15) is 5.26 Å². The van der Waals surface area contributed by atoms with Gasteiger partial charge in [0.15, 0.2) is 0 Å². The maximum atomic E-state index is 13.3. The zero-order valence-corrected chi connectivity index (χ0v) is 24.6. The Balaban J connectivity index is 1.70. The molecule has 4 N–H and O–H groups in total. The van der Waals surface area contributed by atoms with E-state index in [0.29, 0.717) is 23.8 Å². The number of hydrogen-bond donors (Lipinski definition) is 4. The van der Waals surface area contributed by atoms with Gasteiger partial charge < -0.3 is 21.0 Å². The summed E-state index contributed by atoms with van der Waals surface area (Å²) in [6.45, 7) is 10.7. The number of hydrogen-bond acceptors (Lipinski definition) is 6. The summed E-state index contributed by atoms with van der Waals surface area (Å²) in [6.07, 6.45) is 4.88. The predicted octanol–water partition coefficient (Wildman–Crippen LogP) is 2.61. The van der Waals surface area contributed by atoms with Crippen LogP contribution in [0, 0.1) is 23.2 Å². The molecule has 6 unspecified atom stereocenters. The van der Waals surface area contributed by atoms with Crippen molar-refractivity contribution in [3.8, 4) is 6.07 Å². The summed E-state index contributed by atoms with van der Waals surface area (Å²) in [5.41, 5.74) is 10.8. The van der Waals surface area contributed by atoms with Crippen molar-refractivity contribution in [2.24, 2.45) is 16.8 Å². The Morgan fingerprint density at radius 2 is 2.08 bits per heavy atom. The van der Waals surface area contributed by atoms with E-state index in [4.69, 9.17) is 4.99 Å². The highest BCUT2D eigenvalue weighted by Crippen LogP contribution is 2.53. The zero-order chi connectivity index (χ0) is 29.2. The minimum atomic E-state index is -0.664. The number of nitrogens with zero attached hydrogens (tertiary/aromatic N) is 3. The topological polar surface area (TPSA) is 122 Å². The summed E-state index contributed by atoms with van der Waals surface area (Å²) >= 11 is 0. The van der Waals surface area contributed by atoms with Crippen molar-refractivity contribution in [2.75, 3.05) is 27.7 Å². The number of aliphatic imine (C=N–C) groups is 1. The standard InChI is InChI=1S/C31H43N7O2/c1-8-21-9-10-22-13-23(29(40)33-5)11-12-26(22)31(20(21)4,30(34-6)37-35-7)15-18(2)36-17-27(39)38-24(16-32)14-25-19(3)28(25)38/h8,11-13,18-19,24-25,28,35-36H,1,9-10,14-15,17H2,2-7H3,(H,33,40)(H,34,37). The van der Waals surface area contributed by atoms with E-state index < -0.39 is 5.41 Å². The van der Waals surface area contributed by atoms with Crippen molar-refractivity contribution in [3.05, 3.63) is 58.7 Å². The van der Waals surface area contributed by atoms with Crippen LogP contribution in [0.5, 0.6) is 0 Å². The number of amidine groups is 1. The highest BCUT2D eigenvalue weighted by molar-refractivity contribution is 5.98. The molecule has 3 aliphatic rings. The van der Waals surface area contributed by atoms with Crippen molar-refractivity contribution in [3.63, 3.8) is 0 Å². The first-order chi connectivity index (χ1) is 19.2. The largest absolute Gasteiger partial charge is 0.355 e. The van der Waals surface area contributed by atoms with Gasteiger partial charge in [0.1, 0.15) is 11.9 Å². The van der Waals surface area contributed by atoms with Crippen LogP contribution in [0.4, 0.5) is 0 Å². The molecule has 0 spiro atoms. The summed E-state index contributed by atoms with van der Waals surface area (Å²) in [6, 6.07) is 8.01. The number of fused-ring (bicyclic) bond motifs is 2. The Labute approximate surface area is 238 Å². The second-order valence-corrected chi connectivity index (χ2v) is 11.3. The van der Waals surface area contributed by atoms with E-state index in [1.54, 1.807) is 14.1 Å². The lowest BCUT2D eigenvalue weighted by molar-refractivity contribution is -0.131. The maximum absolute atomic E-state index is 13.3. The van der Waals surface area contributed by atoms with Gasteiger partial charge >= 0.3 is 0 Å². The van der Waals surface area contributed by atoms with Crippen LogP contribution in [-0.2, 0) is 16.6 Å². The molecular weight excluding hydrogens is 502 g/mol. The third kappa shape index (κ3) is 5.06. The Kier molecular flexibility index (Phi) is 8.81. The van der Waals surface area contributed by atoms with Crippen LogP contribution in [0.2, 0.25) is 0 Å². The fraction of sp³-hybridized carbons (Fsp3) is 0.548. The number of piperidine rings is 1. The number of rotatable bonds is 9. The molecule has 6 atom stereocenters. The Hall–Kier alpha value is -3.48. The Bertz CT molecular complexity index is 1280. The smallest absolute Gasteiger partial charge is 0.251 e. The van der Waals surface area contributed by atoms with Crippen LogP contribution in [0.1, 0.15) is 61.5 Å². The molecule has 9 nitrogen and oxygen atoms in total. The average molecular weight is 546 g/mol. The molecule has 1 saturated carbocycles. The maximum Gasteiger partial charge on any atom is 0.251 e. The molecule has 1 aromatic rings. The second kappa shape index (κ2) is 11.9. The van der Waals surface area contributed by atoms with Gasteiger partial charge in [-0.25, -0.2) is 5.43 Å². The average Bonchev–Trinajstić information content (AvgIpc) is 3.43. The van der Waals surface area contributed by atoms with Gasteiger partial charge in [-0.15, -0.1) is 0 Å². The van der Waals surface area contributed by atoms with E-state index in [2.05, 4.69) is 54.9 Å². The lowest BCUT2D eigenvalue weighted by atomic mass is 9.67. The number of allylic oxidation sites excluding steroid dienone is 2. The predicted molar refractivity (Wildman–Crippen MR) is 158 cm³/mol. The fourth-order valence-electron chi connectivity index (χ4n) is 7.08. The second-order valence-electron chi connectivity index (χ2n) is 11.3. The molecule has 9 heteroatoms. The van der Waals surface area contributed by atoms with E-state index >= 15 is 0 Å². The van der Waals surface area contributed by atoms with Gasteiger partial charge in [-0.1, -0.05) is 31.2 Å². The molecule has 40 heavy (non-hydrogen) atoms. The van der Waals surface area contributed by atoms with Crippen LogP contribution < -0.4 is 21.5 Å². The lowest BCUT2D eigenvalue weighted by Crippen LogP contribution is -2.53. The number of aryl methyl sites for hydroxylation is 1. The minimum absolute atomic E-state index is 0.0161. The van der Waals surface area contributed by atoms with Crippen molar-refractivity contribution < 1.29 is 9.59 Å². The van der Waals surface area contributed by atoms with Gasteiger partial charge in [0.25, 0.3) is 5.91 Å². The van der Waals surface area contributed by atoms with Crippen LogP contribution in [0.15, 0.2) is 47.0 Å². The molecule has 1 heterocycles. The number of nitrogens with one attached hydrogen (secondary N) is 4. The number of carbonyl (C=O) groups excluding carboxylic acids is 2. The third-order valence-corrected chi connectivity index (χ3v) is 9.27. The summed E-state index contributed by atoms with van der Waals surface area (Å²) in [7, 11) is 5.22. The molecule has 0 radical (unpaired) electrons. The SMILES string of the molecule is C=CC1=C(C)C(CC(C)NCC(=O)N2C(C#N)CC3C(C)C32)(C(=NC)NNC)c2ccc(C(=O)NC)cc2CC1. The molecule has 1 saturated heterocycles. The molecule has 1 aliphatic heterocycles. The van der Waals surface area contributed by atoms with E-state index in [1.165, 1.54) is 0 Å². The first kappa shape index (κ1) is 29.5. The van der Waals surface area contributed by atoms with Crippen molar-refractivity contribution in [1.82, 2.24) is 26.4 Å². The van der Waals surface area contributed by atoms with E-state index in [1.807, 2.05) is 36.2 Å². The Morgan fingerprint density at radius 3 is 2.70 bits per heavy atom. The molecule has 1 aromatic carbocycles. The van der Waals surface area contributed by atoms with Crippen molar-refractivity contribution >= 4 is 17.6 Å². The summed E-state index contributed by atoms with van der Waals surface area (Å²) in [4.78, 5) is 32.4. The molecule has 2 aliphatic carbocycles. The van der Waals surface area contributed by atoms with Gasteiger partial charge in [0, 0.05) is 38.8 Å². The first-order valence-electron chi connectivity index (χ1n) is 14.2. The normalized spacial score (nSPS) is 28.1. The number of carbonyl (C=O) groups is 2. The number of amides is 2. The van der Waals surface area contributed by atoms with E-state index in [-0.39, 0.29) is 36.5 Å². The monoisotopic (exact) mass is 545 g/mol. The molecule has 0 bridgehead atoms. The molecule has 0 aromatic heterocycles. The third-order valence-electron chi connectivity index (χ3n) is 9.27. The molecule has 214 valence electrons. The van der Waals surface area contributed by atoms with Gasteiger partial charge in [0.05, 0.1) is 18.0 Å². The summed E-state index contributed by atoms with van der Waals surface area (Å²) in [5.74, 6) is 1.54. The number of likely N-dealkylation sites (tertiary alicyclic amines) is 1. The van der Waals surface area contributed by atoms with Gasteiger partial charge in [-0.3, -0.25) is 14.6 Å². The number of nitriles is 1. The number of benzene rings is 1. The lowest BCUT2D eigenvalue weighted by Gasteiger charge is -2.40.